The van der Waals surface area contributed by atoms with E-state index in [1.54, 1.807) is 17.8 Å². The van der Waals surface area contributed by atoms with Crippen LogP contribution in [0, 0.1) is 5.92 Å². The number of rotatable bonds is 5. The summed E-state index contributed by atoms with van der Waals surface area (Å²) in [6.07, 6.45) is 2.29. The number of anilines is 2. The highest BCUT2D eigenvalue weighted by atomic mass is 19.1. The second-order valence-corrected chi connectivity index (χ2v) is 7.25. The maximum atomic E-state index is 13.7. The lowest BCUT2D eigenvalue weighted by atomic mass is 10.2. The smallest absolute Gasteiger partial charge is 0.240 e. The number of aromatic nitrogens is 5. The monoisotopic (exact) mass is 366 g/mol. The second kappa shape index (κ2) is 5.67. The highest BCUT2D eigenvalue weighted by Crippen LogP contribution is 2.47. The van der Waals surface area contributed by atoms with Crippen LogP contribution in [-0.2, 0) is 7.05 Å². The van der Waals surface area contributed by atoms with Crippen molar-refractivity contribution >= 4 is 33.4 Å². The molecule has 27 heavy (non-hydrogen) atoms. The molecule has 2 N–H and O–H groups in total. The quantitative estimate of drug-likeness (QED) is 0.563. The average molecular weight is 366 g/mol. The number of aryl methyl sites for hydroxylation is 1. The third-order valence-electron chi connectivity index (χ3n) is 5.16. The first kappa shape index (κ1) is 16.0. The van der Waals surface area contributed by atoms with Gasteiger partial charge in [-0.3, -0.25) is 14.8 Å². The average Bonchev–Trinajstić information content (AvgIpc) is 2.97. The molecule has 1 fully saturated rings. The van der Waals surface area contributed by atoms with E-state index in [9.17, 15) is 4.39 Å². The molecular weight excluding hydrogens is 347 g/mol. The molecule has 0 radical (unpaired) electrons. The summed E-state index contributed by atoms with van der Waals surface area (Å²) in [5.74, 6) is 1.16. The Kier molecular flexibility index (Phi) is 3.37. The lowest BCUT2D eigenvalue weighted by Gasteiger charge is -2.05. The Morgan fingerprint density at radius 2 is 2.26 bits per heavy atom. The van der Waals surface area contributed by atoms with Crippen LogP contribution < -0.4 is 10.1 Å². The molecule has 3 heterocycles. The minimum Gasteiger partial charge on any atom is -0.476 e. The molecule has 0 amide bonds. The number of benzene rings is 1. The van der Waals surface area contributed by atoms with E-state index in [-0.39, 0.29) is 5.92 Å². The predicted molar refractivity (Wildman–Crippen MR) is 101 cm³/mol. The van der Waals surface area contributed by atoms with Crippen molar-refractivity contribution in [3.8, 4) is 5.88 Å². The molecule has 2 atom stereocenters. The fourth-order valence-corrected chi connectivity index (χ4v) is 3.32. The third kappa shape index (κ3) is 2.77. The fourth-order valence-electron chi connectivity index (χ4n) is 3.32. The van der Waals surface area contributed by atoms with Crippen molar-refractivity contribution in [1.82, 2.24) is 25.0 Å². The highest BCUT2D eigenvalue weighted by Gasteiger charge is 2.51. The standard InChI is InChI=1S/C19H19FN6O/c1-19(20)9-11(19)10-27-18-13-6-5-12(8-15(13)26(2)25-18)22-17-16-14(23-24-17)4-3-7-21-16/h3-8,11H,9-10H2,1-2H3,(H2,22,23,24). The van der Waals surface area contributed by atoms with Gasteiger partial charge in [-0.15, -0.1) is 5.10 Å². The first-order valence-electron chi connectivity index (χ1n) is 8.86. The van der Waals surface area contributed by atoms with Crippen LogP contribution in [-0.4, -0.2) is 37.2 Å². The van der Waals surface area contributed by atoms with Crippen LogP contribution in [0.15, 0.2) is 36.5 Å². The number of hydrogen-bond acceptors (Lipinski definition) is 5. The zero-order valence-corrected chi connectivity index (χ0v) is 15.0. The number of ether oxygens (including phenoxy) is 1. The summed E-state index contributed by atoms with van der Waals surface area (Å²) in [7, 11) is 1.86. The van der Waals surface area contributed by atoms with Gasteiger partial charge in [-0.2, -0.15) is 5.10 Å². The van der Waals surface area contributed by atoms with E-state index in [0.717, 1.165) is 27.6 Å². The molecule has 4 aromatic rings. The van der Waals surface area contributed by atoms with Crippen molar-refractivity contribution in [2.75, 3.05) is 11.9 Å². The summed E-state index contributed by atoms with van der Waals surface area (Å²) in [6.45, 7) is 1.97. The van der Waals surface area contributed by atoms with Crippen LogP contribution in [0.4, 0.5) is 15.9 Å². The molecule has 138 valence electrons. The molecule has 1 aliphatic carbocycles. The van der Waals surface area contributed by atoms with E-state index < -0.39 is 5.67 Å². The Hall–Kier alpha value is -3.16. The molecular formula is C19H19FN6O. The van der Waals surface area contributed by atoms with Crippen LogP contribution in [0.3, 0.4) is 0 Å². The summed E-state index contributed by atoms with van der Waals surface area (Å²) in [6, 6.07) is 9.66. The van der Waals surface area contributed by atoms with E-state index in [0.29, 0.717) is 24.7 Å². The molecule has 0 bridgehead atoms. The Bertz CT molecular complexity index is 1150. The summed E-state index contributed by atoms with van der Waals surface area (Å²) >= 11 is 0. The summed E-state index contributed by atoms with van der Waals surface area (Å²) in [5, 5.41) is 15.9. The van der Waals surface area contributed by atoms with Crippen LogP contribution >= 0.6 is 0 Å². The van der Waals surface area contributed by atoms with E-state index >= 15 is 0 Å². The van der Waals surface area contributed by atoms with Crippen molar-refractivity contribution in [3.05, 3.63) is 36.5 Å². The molecule has 1 aliphatic rings. The topological polar surface area (TPSA) is 80.6 Å². The minimum atomic E-state index is -1.10. The number of aromatic amines is 1. The SMILES string of the molecule is Cn1nc(OCC2CC2(C)F)c2ccc(Nc3n[nH]c4cccnc34)cc21. The minimum absolute atomic E-state index is 0.0454. The van der Waals surface area contributed by atoms with Crippen molar-refractivity contribution < 1.29 is 9.13 Å². The Morgan fingerprint density at radius 1 is 1.41 bits per heavy atom. The molecule has 7 nitrogen and oxygen atoms in total. The van der Waals surface area contributed by atoms with Crippen LogP contribution in [0.2, 0.25) is 0 Å². The van der Waals surface area contributed by atoms with Gasteiger partial charge in [0.1, 0.15) is 11.2 Å². The van der Waals surface area contributed by atoms with Gasteiger partial charge < -0.3 is 10.1 Å². The van der Waals surface area contributed by atoms with Crippen molar-refractivity contribution in [3.63, 3.8) is 0 Å². The summed E-state index contributed by atoms with van der Waals surface area (Å²) < 4.78 is 21.2. The number of H-pyrrole nitrogens is 1. The maximum absolute atomic E-state index is 13.7. The number of nitrogens with one attached hydrogen (secondary N) is 2. The van der Waals surface area contributed by atoms with Crippen LogP contribution in [0.5, 0.6) is 5.88 Å². The fraction of sp³-hybridized carbons (Fsp3) is 0.316. The first-order valence-corrected chi connectivity index (χ1v) is 8.86. The van der Waals surface area contributed by atoms with E-state index in [2.05, 4.69) is 25.6 Å². The van der Waals surface area contributed by atoms with Crippen molar-refractivity contribution in [2.24, 2.45) is 13.0 Å². The Morgan fingerprint density at radius 3 is 3.07 bits per heavy atom. The largest absolute Gasteiger partial charge is 0.476 e. The van der Waals surface area contributed by atoms with Gasteiger partial charge in [0.2, 0.25) is 5.88 Å². The molecule has 0 spiro atoms. The predicted octanol–water partition coefficient (Wildman–Crippen LogP) is 3.72. The molecule has 0 aliphatic heterocycles. The first-order chi connectivity index (χ1) is 13.0. The van der Waals surface area contributed by atoms with Gasteiger partial charge in [-0.25, -0.2) is 4.39 Å². The number of fused-ring (bicyclic) bond motifs is 2. The second-order valence-electron chi connectivity index (χ2n) is 7.25. The molecule has 0 saturated heterocycles. The van der Waals surface area contributed by atoms with Crippen molar-refractivity contribution in [1.29, 1.82) is 0 Å². The van der Waals surface area contributed by atoms with Gasteiger partial charge >= 0.3 is 0 Å². The molecule has 5 rings (SSSR count). The number of hydrogen-bond donors (Lipinski definition) is 2. The number of alkyl halides is 1. The van der Waals surface area contributed by atoms with Gasteiger partial charge in [0.25, 0.3) is 0 Å². The Balaban J connectivity index is 1.41. The molecule has 3 aromatic heterocycles. The van der Waals surface area contributed by atoms with Gasteiger partial charge in [0, 0.05) is 24.8 Å². The highest BCUT2D eigenvalue weighted by molar-refractivity contribution is 5.91. The lowest BCUT2D eigenvalue weighted by molar-refractivity contribution is 0.233. The molecule has 2 unspecified atom stereocenters. The third-order valence-corrected chi connectivity index (χ3v) is 5.16. The zero-order valence-electron chi connectivity index (χ0n) is 15.0. The molecule has 8 heteroatoms. The number of nitrogens with zero attached hydrogens (tertiary/aromatic N) is 4. The van der Waals surface area contributed by atoms with Gasteiger partial charge in [-0.1, -0.05) is 0 Å². The zero-order chi connectivity index (χ0) is 18.6. The normalized spacial score (nSPS) is 21.7. The van der Waals surface area contributed by atoms with E-state index in [1.807, 2.05) is 37.4 Å². The van der Waals surface area contributed by atoms with Gasteiger partial charge in [0.15, 0.2) is 5.82 Å². The molecule has 1 aromatic carbocycles. The van der Waals surface area contributed by atoms with Gasteiger partial charge in [0.05, 0.1) is 23.0 Å². The van der Waals surface area contributed by atoms with Crippen LogP contribution in [0.25, 0.3) is 21.9 Å². The molecule has 1 saturated carbocycles. The van der Waals surface area contributed by atoms with Crippen molar-refractivity contribution in [2.45, 2.75) is 19.0 Å². The van der Waals surface area contributed by atoms with Crippen LogP contribution in [0.1, 0.15) is 13.3 Å². The number of halogens is 1. The Labute approximate surface area is 154 Å². The van der Waals surface area contributed by atoms with E-state index in [4.69, 9.17) is 4.74 Å². The lowest BCUT2D eigenvalue weighted by Crippen LogP contribution is -2.07. The number of pyridine rings is 1. The maximum Gasteiger partial charge on any atom is 0.240 e. The summed E-state index contributed by atoms with van der Waals surface area (Å²) in [5.41, 5.74) is 2.35. The van der Waals surface area contributed by atoms with E-state index in [1.165, 1.54) is 0 Å². The summed E-state index contributed by atoms with van der Waals surface area (Å²) in [4.78, 5) is 4.36. The van der Waals surface area contributed by atoms with Gasteiger partial charge in [-0.05, 0) is 43.7 Å².